The standard InChI is InChI=1S/C26H30F2N8O3/c1-15-22(35-39-34-15)25(38)33-24(17-7-9-26(27,28)10-8-17)19-14-36-20(31-19)12-18(13-30-36)23(16-5-6-16)32-21(37)4-2-3-11-29/h12-14,16-17,23-24H,2-10H2,1H3,(H,32,37)(H,33,38)/t23?,24-/m0/s1. The molecule has 3 aromatic rings. The van der Waals surface area contributed by atoms with E-state index in [1.165, 1.54) is 0 Å². The summed E-state index contributed by atoms with van der Waals surface area (Å²) >= 11 is 0. The molecule has 206 valence electrons. The first-order valence-corrected chi connectivity index (χ1v) is 13.2. The number of imidazole rings is 1. The molecular formula is C26H30F2N8O3. The van der Waals surface area contributed by atoms with Crippen LogP contribution in [0.15, 0.2) is 23.1 Å². The number of carbonyl (C=O) groups excluding carboxylic acids is 2. The van der Waals surface area contributed by atoms with Crippen LogP contribution < -0.4 is 10.6 Å². The molecule has 2 atom stereocenters. The van der Waals surface area contributed by atoms with Crippen LogP contribution >= 0.6 is 0 Å². The van der Waals surface area contributed by atoms with Gasteiger partial charge in [-0.25, -0.2) is 22.9 Å². The maximum Gasteiger partial charge on any atom is 0.276 e. The lowest BCUT2D eigenvalue weighted by atomic mass is 9.81. The second-order valence-electron chi connectivity index (χ2n) is 10.5. The first-order valence-electron chi connectivity index (χ1n) is 13.2. The lowest BCUT2D eigenvalue weighted by Crippen LogP contribution is -2.37. The summed E-state index contributed by atoms with van der Waals surface area (Å²) in [4.78, 5) is 30.2. The number of aryl methyl sites for hydroxylation is 1. The summed E-state index contributed by atoms with van der Waals surface area (Å²) in [6, 6.07) is 3.05. The minimum absolute atomic E-state index is 0.0306. The van der Waals surface area contributed by atoms with Crippen LogP contribution in [0, 0.1) is 30.1 Å². The Bertz CT molecular complexity index is 1380. The highest BCUT2D eigenvalue weighted by molar-refractivity contribution is 5.93. The normalized spacial score (nSPS) is 18.8. The van der Waals surface area contributed by atoms with Crippen LogP contribution in [0.25, 0.3) is 5.65 Å². The molecule has 2 saturated carbocycles. The van der Waals surface area contributed by atoms with Crippen LogP contribution in [0.1, 0.15) is 97.3 Å². The number of aromatic nitrogens is 5. The maximum atomic E-state index is 13.9. The van der Waals surface area contributed by atoms with Gasteiger partial charge in [-0.2, -0.15) is 10.4 Å². The Balaban J connectivity index is 1.40. The van der Waals surface area contributed by atoms with Gasteiger partial charge in [-0.3, -0.25) is 9.59 Å². The van der Waals surface area contributed by atoms with Crippen molar-refractivity contribution in [1.82, 2.24) is 35.5 Å². The molecule has 0 saturated heterocycles. The van der Waals surface area contributed by atoms with Gasteiger partial charge >= 0.3 is 0 Å². The highest BCUT2D eigenvalue weighted by Crippen LogP contribution is 2.42. The number of rotatable bonds is 10. The van der Waals surface area contributed by atoms with E-state index in [9.17, 15) is 18.4 Å². The number of unbranched alkanes of at least 4 members (excludes halogenated alkanes) is 1. The predicted molar refractivity (Wildman–Crippen MR) is 132 cm³/mol. The molecule has 2 aliphatic carbocycles. The van der Waals surface area contributed by atoms with E-state index in [-0.39, 0.29) is 55.7 Å². The Labute approximate surface area is 223 Å². The van der Waals surface area contributed by atoms with Crippen molar-refractivity contribution in [2.24, 2.45) is 11.8 Å². The molecule has 11 nitrogen and oxygen atoms in total. The first kappa shape index (κ1) is 26.6. The quantitative estimate of drug-likeness (QED) is 0.367. The molecule has 0 bridgehead atoms. The second kappa shape index (κ2) is 11.0. The fourth-order valence-electron chi connectivity index (χ4n) is 5.18. The number of halogens is 2. The van der Waals surface area contributed by atoms with Crippen LogP contribution in [-0.4, -0.2) is 42.6 Å². The Morgan fingerprint density at radius 3 is 2.59 bits per heavy atom. The van der Waals surface area contributed by atoms with E-state index in [4.69, 9.17) is 10.2 Å². The summed E-state index contributed by atoms with van der Waals surface area (Å²) in [5.41, 5.74) is 2.19. The van der Waals surface area contributed by atoms with E-state index in [1.54, 1.807) is 23.8 Å². The average Bonchev–Trinajstić information content (AvgIpc) is 3.51. The first-order chi connectivity index (χ1) is 18.7. The van der Waals surface area contributed by atoms with Gasteiger partial charge < -0.3 is 10.6 Å². The van der Waals surface area contributed by atoms with Crippen molar-refractivity contribution in [3.05, 3.63) is 41.1 Å². The number of nitrogens with one attached hydrogen (secondary N) is 2. The minimum atomic E-state index is -2.72. The average molecular weight is 541 g/mol. The number of nitrogens with zero attached hydrogens (tertiary/aromatic N) is 6. The van der Waals surface area contributed by atoms with Gasteiger partial charge in [0.25, 0.3) is 5.91 Å². The van der Waals surface area contributed by atoms with Crippen molar-refractivity contribution in [3.8, 4) is 6.07 Å². The molecule has 2 aliphatic rings. The highest BCUT2D eigenvalue weighted by Gasteiger charge is 2.40. The van der Waals surface area contributed by atoms with E-state index in [0.717, 1.165) is 18.4 Å². The van der Waals surface area contributed by atoms with Crippen LogP contribution in [0.2, 0.25) is 0 Å². The molecule has 0 spiro atoms. The molecule has 39 heavy (non-hydrogen) atoms. The Morgan fingerprint density at radius 1 is 1.18 bits per heavy atom. The molecule has 13 heteroatoms. The van der Waals surface area contributed by atoms with E-state index in [2.05, 4.69) is 30.7 Å². The van der Waals surface area contributed by atoms with E-state index in [1.807, 2.05) is 12.1 Å². The molecule has 0 aliphatic heterocycles. The summed E-state index contributed by atoms with van der Waals surface area (Å²) in [6.45, 7) is 1.59. The van der Waals surface area contributed by atoms with Crippen LogP contribution in [0.4, 0.5) is 8.78 Å². The zero-order chi connectivity index (χ0) is 27.6. The van der Waals surface area contributed by atoms with Gasteiger partial charge in [0.1, 0.15) is 5.69 Å². The van der Waals surface area contributed by atoms with Gasteiger partial charge in [-0.15, -0.1) is 0 Å². The van der Waals surface area contributed by atoms with Gasteiger partial charge in [-0.1, -0.05) is 5.16 Å². The predicted octanol–water partition coefficient (Wildman–Crippen LogP) is 3.98. The molecule has 0 aromatic carbocycles. The van der Waals surface area contributed by atoms with Crippen LogP contribution in [0.3, 0.4) is 0 Å². The molecule has 5 rings (SSSR count). The fraction of sp³-hybridized carbons (Fsp3) is 0.577. The third kappa shape index (κ3) is 6.21. The topological polar surface area (TPSA) is 151 Å². The highest BCUT2D eigenvalue weighted by atomic mass is 19.3. The maximum absolute atomic E-state index is 13.9. The van der Waals surface area contributed by atoms with E-state index >= 15 is 0 Å². The molecule has 2 amide bonds. The van der Waals surface area contributed by atoms with Gasteiger partial charge in [0.15, 0.2) is 11.3 Å². The van der Waals surface area contributed by atoms with Crippen LogP contribution in [0.5, 0.6) is 0 Å². The van der Waals surface area contributed by atoms with Crippen molar-refractivity contribution >= 4 is 17.5 Å². The minimum Gasteiger partial charge on any atom is -0.349 e. The molecule has 1 unspecified atom stereocenters. The van der Waals surface area contributed by atoms with Gasteiger partial charge in [0.05, 0.1) is 36.2 Å². The van der Waals surface area contributed by atoms with Crippen molar-refractivity contribution in [2.45, 2.75) is 82.7 Å². The smallest absolute Gasteiger partial charge is 0.276 e. The summed E-state index contributed by atoms with van der Waals surface area (Å²) in [5.74, 6) is -3.30. The van der Waals surface area contributed by atoms with Gasteiger partial charge in [0, 0.05) is 25.7 Å². The third-order valence-corrected chi connectivity index (χ3v) is 7.53. The second-order valence-corrected chi connectivity index (χ2v) is 10.5. The molecule has 3 heterocycles. The van der Waals surface area contributed by atoms with Crippen LogP contribution in [-0.2, 0) is 4.79 Å². The van der Waals surface area contributed by atoms with Crippen molar-refractivity contribution in [1.29, 1.82) is 5.26 Å². The largest absolute Gasteiger partial charge is 0.349 e. The summed E-state index contributed by atoms with van der Waals surface area (Å²) in [5, 5.41) is 26.5. The Kier molecular flexibility index (Phi) is 7.54. The molecular weight excluding hydrogens is 510 g/mol. The molecule has 2 N–H and O–H groups in total. The number of carbonyl (C=O) groups is 2. The van der Waals surface area contributed by atoms with Crippen molar-refractivity contribution in [3.63, 3.8) is 0 Å². The summed E-state index contributed by atoms with van der Waals surface area (Å²) in [6.07, 6.45) is 6.40. The number of hydrogen-bond acceptors (Lipinski definition) is 8. The number of fused-ring (bicyclic) bond motifs is 1. The van der Waals surface area contributed by atoms with Crippen molar-refractivity contribution < 1.29 is 23.0 Å². The Hall–Kier alpha value is -3.95. The van der Waals surface area contributed by atoms with Gasteiger partial charge in [0.2, 0.25) is 11.8 Å². The number of hydrogen-bond donors (Lipinski definition) is 2. The zero-order valence-electron chi connectivity index (χ0n) is 21.6. The third-order valence-electron chi connectivity index (χ3n) is 7.53. The SMILES string of the molecule is Cc1nonc1C(=O)N[C@H](c1cn2ncc(C(NC(=O)CCCC#N)C3CC3)cc2n1)C1CCC(F)(F)CC1. The van der Waals surface area contributed by atoms with E-state index in [0.29, 0.717) is 35.8 Å². The lowest BCUT2D eigenvalue weighted by Gasteiger charge is -2.33. The zero-order valence-corrected chi connectivity index (χ0v) is 21.6. The summed E-state index contributed by atoms with van der Waals surface area (Å²) < 4.78 is 34.1. The van der Waals surface area contributed by atoms with Crippen molar-refractivity contribution in [2.75, 3.05) is 0 Å². The summed E-state index contributed by atoms with van der Waals surface area (Å²) in [7, 11) is 0. The number of nitriles is 1. The monoisotopic (exact) mass is 540 g/mol. The number of amides is 2. The molecule has 2 fully saturated rings. The fourth-order valence-corrected chi connectivity index (χ4v) is 5.18. The van der Waals surface area contributed by atoms with E-state index < -0.39 is 17.9 Å². The van der Waals surface area contributed by atoms with Gasteiger partial charge in [-0.05, 0) is 67.7 Å². The number of alkyl halides is 2. The molecule has 0 radical (unpaired) electrons. The lowest BCUT2D eigenvalue weighted by molar-refractivity contribution is -0.122. The Morgan fingerprint density at radius 2 is 1.92 bits per heavy atom. The molecule has 3 aromatic heterocycles.